The highest BCUT2D eigenvalue weighted by atomic mass is 16.7. The first-order valence-corrected chi connectivity index (χ1v) is 6.39. The van der Waals surface area contributed by atoms with Crippen LogP contribution in [0.1, 0.15) is 38.8 Å². The summed E-state index contributed by atoms with van der Waals surface area (Å²) in [5, 5.41) is 0. The summed E-state index contributed by atoms with van der Waals surface area (Å²) in [7, 11) is 0. The molecular weight excluding hydrogens is 212 g/mol. The fourth-order valence-corrected chi connectivity index (χ4v) is 3.25. The van der Waals surface area contributed by atoms with Gasteiger partial charge in [-0.1, -0.05) is 38.1 Å². The molecule has 1 spiro atoms. The van der Waals surface area contributed by atoms with Crippen LogP contribution in [-0.4, -0.2) is 12.4 Å². The van der Waals surface area contributed by atoms with Gasteiger partial charge in [-0.05, 0) is 25.0 Å². The van der Waals surface area contributed by atoms with Crippen LogP contribution in [-0.2, 0) is 21.5 Å². The smallest absolute Gasteiger partial charge is 0.156 e. The average molecular weight is 232 g/mol. The highest BCUT2D eigenvalue weighted by Crippen LogP contribution is 2.58. The van der Waals surface area contributed by atoms with Gasteiger partial charge in [-0.25, -0.2) is 0 Å². The minimum absolute atomic E-state index is 0.00780. The van der Waals surface area contributed by atoms with E-state index in [2.05, 4.69) is 45.0 Å². The summed E-state index contributed by atoms with van der Waals surface area (Å²) in [4.78, 5) is 0. The van der Waals surface area contributed by atoms with E-state index >= 15 is 0 Å². The van der Waals surface area contributed by atoms with Crippen LogP contribution in [0.4, 0.5) is 0 Å². The van der Waals surface area contributed by atoms with Gasteiger partial charge in [-0.15, -0.1) is 0 Å². The predicted molar refractivity (Wildman–Crippen MR) is 66.7 cm³/mol. The van der Waals surface area contributed by atoms with E-state index in [4.69, 9.17) is 9.47 Å². The fourth-order valence-electron chi connectivity index (χ4n) is 3.25. The Kier molecular flexibility index (Phi) is 2.20. The zero-order chi connectivity index (χ0) is 12.3. The first kappa shape index (κ1) is 11.2. The maximum Gasteiger partial charge on any atom is 0.156 e. The summed E-state index contributed by atoms with van der Waals surface area (Å²) in [6, 6.07) is 8.60. The third kappa shape index (κ3) is 1.28. The molecule has 1 aliphatic carbocycles. The molecule has 2 heteroatoms. The van der Waals surface area contributed by atoms with Crippen molar-refractivity contribution in [3.05, 3.63) is 35.4 Å². The Labute approximate surface area is 103 Å². The van der Waals surface area contributed by atoms with Gasteiger partial charge in [-0.3, -0.25) is 0 Å². The minimum Gasteiger partial charge on any atom is -0.349 e. The number of benzene rings is 1. The molecule has 0 N–H and O–H groups in total. The molecule has 2 aliphatic rings. The Balaban J connectivity index is 2.08. The Morgan fingerprint density at radius 2 is 1.88 bits per heavy atom. The number of fused-ring (bicyclic) bond motifs is 2. The summed E-state index contributed by atoms with van der Waals surface area (Å²) in [5.74, 6) is 0. The lowest BCUT2D eigenvalue weighted by molar-refractivity contribution is -0.340. The molecule has 1 fully saturated rings. The summed E-state index contributed by atoms with van der Waals surface area (Å²) in [6.45, 7) is 8.65. The lowest BCUT2D eigenvalue weighted by atomic mass is 9.57. The van der Waals surface area contributed by atoms with Crippen molar-refractivity contribution in [1.29, 1.82) is 0 Å². The second-order valence-corrected chi connectivity index (χ2v) is 5.85. The van der Waals surface area contributed by atoms with Crippen LogP contribution in [0.3, 0.4) is 0 Å². The quantitative estimate of drug-likeness (QED) is 0.683. The lowest BCUT2D eigenvalue weighted by Crippen LogP contribution is -2.62. The molecule has 2 nitrogen and oxygen atoms in total. The van der Waals surface area contributed by atoms with Gasteiger partial charge in [0.15, 0.2) is 6.29 Å². The molecule has 1 aromatic rings. The van der Waals surface area contributed by atoms with Crippen molar-refractivity contribution in [3.8, 4) is 0 Å². The summed E-state index contributed by atoms with van der Waals surface area (Å²) in [5.41, 5.74) is 2.63. The molecule has 0 bridgehead atoms. The predicted octanol–water partition coefficient (Wildman–Crippen LogP) is 3.25. The third-order valence-corrected chi connectivity index (χ3v) is 4.71. The lowest BCUT2D eigenvalue weighted by Gasteiger charge is -2.59. The molecule has 1 aliphatic heterocycles. The monoisotopic (exact) mass is 232 g/mol. The molecule has 0 aromatic heterocycles. The van der Waals surface area contributed by atoms with Crippen molar-refractivity contribution >= 4 is 0 Å². The molecule has 92 valence electrons. The molecule has 0 amide bonds. The second kappa shape index (κ2) is 3.33. The maximum absolute atomic E-state index is 6.20. The molecule has 1 aromatic carbocycles. The van der Waals surface area contributed by atoms with E-state index in [1.807, 2.05) is 6.92 Å². The topological polar surface area (TPSA) is 18.5 Å². The first-order chi connectivity index (χ1) is 7.97. The number of hydrogen-bond donors (Lipinski definition) is 0. The zero-order valence-electron chi connectivity index (χ0n) is 11.0. The van der Waals surface area contributed by atoms with E-state index in [0.29, 0.717) is 0 Å². The van der Waals surface area contributed by atoms with Gasteiger partial charge in [0.05, 0.1) is 6.10 Å². The fraction of sp³-hybridized carbons (Fsp3) is 0.600. The van der Waals surface area contributed by atoms with Gasteiger partial charge < -0.3 is 9.47 Å². The summed E-state index contributed by atoms with van der Waals surface area (Å²) in [6.07, 6.45) is 1.10. The van der Waals surface area contributed by atoms with Crippen LogP contribution < -0.4 is 0 Å². The Hall–Kier alpha value is -0.860. The van der Waals surface area contributed by atoms with Crippen molar-refractivity contribution in [3.63, 3.8) is 0 Å². The van der Waals surface area contributed by atoms with E-state index in [-0.39, 0.29) is 23.4 Å². The Morgan fingerprint density at radius 1 is 1.18 bits per heavy atom. The normalized spacial score (nSPS) is 38.6. The van der Waals surface area contributed by atoms with Crippen LogP contribution in [0.5, 0.6) is 0 Å². The van der Waals surface area contributed by atoms with E-state index in [1.165, 1.54) is 11.1 Å². The molecule has 17 heavy (non-hydrogen) atoms. The molecular formula is C15H20O2. The maximum atomic E-state index is 6.20. The largest absolute Gasteiger partial charge is 0.349 e. The first-order valence-electron chi connectivity index (χ1n) is 6.39. The number of hydrogen-bond acceptors (Lipinski definition) is 2. The van der Waals surface area contributed by atoms with E-state index < -0.39 is 0 Å². The average Bonchev–Trinajstić information content (AvgIpc) is 2.23. The molecule has 1 unspecified atom stereocenters. The summed E-state index contributed by atoms with van der Waals surface area (Å²) >= 11 is 0. The molecule has 1 saturated heterocycles. The minimum atomic E-state index is -0.152. The van der Waals surface area contributed by atoms with E-state index in [9.17, 15) is 0 Å². The highest BCUT2D eigenvalue weighted by molar-refractivity contribution is 5.45. The van der Waals surface area contributed by atoms with Crippen molar-refractivity contribution in [1.82, 2.24) is 0 Å². The molecule has 0 saturated carbocycles. The van der Waals surface area contributed by atoms with Crippen molar-refractivity contribution in [2.45, 2.75) is 52.1 Å². The molecule has 3 rings (SSSR count). The van der Waals surface area contributed by atoms with Crippen LogP contribution >= 0.6 is 0 Å². The van der Waals surface area contributed by atoms with E-state index in [0.717, 1.165) is 6.42 Å². The van der Waals surface area contributed by atoms with Crippen molar-refractivity contribution in [2.24, 2.45) is 5.41 Å². The number of rotatable bonds is 0. The van der Waals surface area contributed by atoms with E-state index in [1.54, 1.807) is 0 Å². The zero-order valence-corrected chi connectivity index (χ0v) is 11.0. The van der Waals surface area contributed by atoms with Crippen molar-refractivity contribution in [2.75, 3.05) is 0 Å². The van der Waals surface area contributed by atoms with Gasteiger partial charge in [-0.2, -0.15) is 0 Å². The molecule has 3 atom stereocenters. The molecule has 0 radical (unpaired) electrons. The van der Waals surface area contributed by atoms with Crippen LogP contribution in [0.25, 0.3) is 0 Å². The van der Waals surface area contributed by atoms with Gasteiger partial charge >= 0.3 is 0 Å². The highest BCUT2D eigenvalue weighted by Gasteiger charge is 2.60. The van der Waals surface area contributed by atoms with Crippen LogP contribution in [0.15, 0.2) is 24.3 Å². The SMILES string of the molecule is CC1O[C@H](C)C(C)(C)[C@@]2(Cc3ccccc32)O1. The van der Waals surface area contributed by atoms with Crippen LogP contribution in [0, 0.1) is 5.41 Å². The summed E-state index contributed by atoms with van der Waals surface area (Å²) < 4.78 is 12.0. The van der Waals surface area contributed by atoms with Crippen LogP contribution in [0.2, 0.25) is 0 Å². The van der Waals surface area contributed by atoms with Crippen molar-refractivity contribution < 1.29 is 9.47 Å². The molecule has 1 heterocycles. The Morgan fingerprint density at radius 3 is 2.59 bits per heavy atom. The third-order valence-electron chi connectivity index (χ3n) is 4.71. The van der Waals surface area contributed by atoms with Gasteiger partial charge in [0.25, 0.3) is 0 Å². The van der Waals surface area contributed by atoms with Gasteiger partial charge in [0, 0.05) is 11.8 Å². The van der Waals surface area contributed by atoms with Gasteiger partial charge in [0.2, 0.25) is 0 Å². The van der Waals surface area contributed by atoms with Gasteiger partial charge in [0.1, 0.15) is 5.60 Å². The standard InChI is InChI=1S/C15H20O2/c1-10-14(3,4)15(17-11(2)16-10)9-12-7-5-6-8-13(12)15/h5-8,10-11H,9H2,1-4H3/t10-,11?,15+/m1/s1. The number of ether oxygens (including phenoxy) is 2. The Bertz CT molecular complexity index is 452. The second-order valence-electron chi connectivity index (χ2n) is 5.85.